The van der Waals surface area contributed by atoms with Gasteiger partial charge in [0.1, 0.15) is 5.82 Å². The summed E-state index contributed by atoms with van der Waals surface area (Å²) in [6.45, 7) is 6.45. The van der Waals surface area contributed by atoms with Crippen molar-refractivity contribution in [3.63, 3.8) is 0 Å². The van der Waals surface area contributed by atoms with Crippen molar-refractivity contribution in [3.05, 3.63) is 71.8 Å². The average Bonchev–Trinajstić information content (AvgIpc) is 3.34. The van der Waals surface area contributed by atoms with Gasteiger partial charge in [0.05, 0.1) is 31.7 Å². The van der Waals surface area contributed by atoms with Crippen LogP contribution in [0, 0.1) is 6.92 Å². The summed E-state index contributed by atoms with van der Waals surface area (Å²) < 4.78 is 12.6. The van der Waals surface area contributed by atoms with Gasteiger partial charge in [-0.25, -0.2) is 4.98 Å². The molecule has 3 heterocycles. The van der Waals surface area contributed by atoms with Crippen LogP contribution in [0.5, 0.6) is 0 Å². The number of aryl methyl sites for hydroxylation is 1. The van der Waals surface area contributed by atoms with Gasteiger partial charge in [0.2, 0.25) is 0 Å². The van der Waals surface area contributed by atoms with E-state index in [1.54, 1.807) is 13.3 Å². The molecule has 186 valence electrons. The number of ether oxygens (including phenoxy) is 2. The molecule has 0 saturated carbocycles. The SMILES string of the molecule is COCCNc1ccc(-c2cc3nc(NN=Cc4cccc(C)c4)cc(N4CCOCC4)n3n2)cc1. The lowest BCUT2D eigenvalue weighted by atomic mass is 10.1. The van der Waals surface area contributed by atoms with E-state index in [4.69, 9.17) is 19.6 Å². The van der Waals surface area contributed by atoms with Crippen LogP contribution in [-0.4, -0.2) is 67.4 Å². The summed E-state index contributed by atoms with van der Waals surface area (Å²) >= 11 is 0. The van der Waals surface area contributed by atoms with E-state index in [9.17, 15) is 0 Å². The fourth-order valence-corrected chi connectivity index (χ4v) is 4.15. The lowest BCUT2D eigenvalue weighted by Gasteiger charge is -2.29. The van der Waals surface area contributed by atoms with Crippen LogP contribution in [0.3, 0.4) is 0 Å². The summed E-state index contributed by atoms with van der Waals surface area (Å²) in [4.78, 5) is 7.06. The first kappa shape index (κ1) is 23.8. The molecule has 1 aliphatic heterocycles. The number of hydrogen-bond donors (Lipinski definition) is 2. The third-order valence-electron chi connectivity index (χ3n) is 5.99. The Kier molecular flexibility index (Phi) is 7.39. The van der Waals surface area contributed by atoms with E-state index in [2.05, 4.69) is 64.1 Å². The number of methoxy groups -OCH3 is 1. The predicted molar refractivity (Wildman–Crippen MR) is 144 cm³/mol. The Morgan fingerprint density at radius 3 is 2.69 bits per heavy atom. The molecule has 1 aliphatic rings. The molecule has 0 atom stereocenters. The fourth-order valence-electron chi connectivity index (χ4n) is 4.15. The van der Waals surface area contributed by atoms with Gasteiger partial charge in [-0.15, -0.1) is 0 Å². The second kappa shape index (κ2) is 11.2. The molecule has 1 fully saturated rings. The van der Waals surface area contributed by atoms with Crippen LogP contribution in [0.25, 0.3) is 16.9 Å². The number of fused-ring (bicyclic) bond motifs is 1. The number of aromatic nitrogens is 3. The minimum Gasteiger partial charge on any atom is -0.383 e. The van der Waals surface area contributed by atoms with Crippen LogP contribution >= 0.6 is 0 Å². The lowest BCUT2D eigenvalue weighted by molar-refractivity contribution is 0.122. The van der Waals surface area contributed by atoms with Gasteiger partial charge in [-0.3, -0.25) is 5.43 Å². The van der Waals surface area contributed by atoms with Crippen molar-refractivity contribution in [2.75, 3.05) is 62.2 Å². The molecule has 0 bridgehead atoms. The topological polar surface area (TPSA) is 88.3 Å². The normalized spacial score (nSPS) is 14.0. The standard InChI is InChI=1S/C27H31N7O2/c1-20-4-3-5-21(16-20)19-29-31-25-18-27(33-11-14-36-15-12-33)34-26(30-25)17-24(32-34)22-6-8-23(9-7-22)28-10-13-35-2/h3-9,16-19,28H,10-15H2,1-2H3,(H,30,31). The van der Waals surface area contributed by atoms with Crippen molar-refractivity contribution in [2.24, 2.45) is 5.10 Å². The highest BCUT2D eigenvalue weighted by atomic mass is 16.5. The fraction of sp³-hybridized carbons (Fsp3) is 0.296. The highest BCUT2D eigenvalue weighted by Gasteiger charge is 2.18. The van der Waals surface area contributed by atoms with Crippen molar-refractivity contribution in [1.29, 1.82) is 0 Å². The number of morpholine rings is 1. The molecular weight excluding hydrogens is 454 g/mol. The molecular formula is C27H31N7O2. The van der Waals surface area contributed by atoms with Gasteiger partial charge in [0.15, 0.2) is 11.5 Å². The third-order valence-corrected chi connectivity index (χ3v) is 5.99. The summed E-state index contributed by atoms with van der Waals surface area (Å²) in [6.07, 6.45) is 1.80. The second-order valence-electron chi connectivity index (χ2n) is 8.68. The van der Waals surface area contributed by atoms with Crippen LogP contribution in [0.1, 0.15) is 11.1 Å². The molecule has 4 aromatic rings. The van der Waals surface area contributed by atoms with Gasteiger partial charge in [0, 0.05) is 50.1 Å². The van der Waals surface area contributed by atoms with Crippen LogP contribution in [0.2, 0.25) is 0 Å². The van der Waals surface area contributed by atoms with E-state index in [1.165, 1.54) is 5.56 Å². The quantitative estimate of drug-likeness (QED) is 0.210. The summed E-state index contributed by atoms with van der Waals surface area (Å²) in [5, 5.41) is 12.7. The minimum atomic E-state index is 0.662. The van der Waals surface area contributed by atoms with Gasteiger partial charge in [-0.2, -0.15) is 14.7 Å². The molecule has 36 heavy (non-hydrogen) atoms. The molecule has 1 saturated heterocycles. The Morgan fingerprint density at radius 1 is 1.08 bits per heavy atom. The Hall–Kier alpha value is -3.95. The predicted octanol–water partition coefficient (Wildman–Crippen LogP) is 4.05. The highest BCUT2D eigenvalue weighted by molar-refractivity contribution is 5.80. The number of nitrogens with one attached hydrogen (secondary N) is 2. The van der Waals surface area contributed by atoms with Crippen molar-refractivity contribution in [2.45, 2.75) is 6.92 Å². The largest absolute Gasteiger partial charge is 0.383 e. The Balaban J connectivity index is 1.43. The summed E-state index contributed by atoms with van der Waals surface area (Å²) in [5.41, 5.74) is 9.02. The second-order valence-corrected chi connectivity index (χ2v) is 8.68. The maximum Gasteiger partial charge on any atom is 0.160 e. The highest BCUT2D eigenvalue weighted by Crippen LogP contribution is 2.26. The van der Waals surface area contributed by atoms with Gasteiger partial charge < -0.3 is 19.7 Å². The van der Waals surface area contributed by atoms with E-state index in [-0.39, 0.29) is 0 Å². The smallest absolute Gasteiger partial charge is 0.160 e. The average molecular weight is 486 g/mol. The number of hydrazone groups is 1. The number of hydrogen-bond acceptors (Lipinski definition) is 8. The maximum absolute atomic E-state index is 5.57. The zero-order chi connectivity index (χ0) is 24.7. The van der Waals surface area contributed by atoms with Crippen LogP contribution in [0.4, 0.5) is 17.3 Å². The van der Waals surface area contributed by atoms with Crippen LogP contribution in [0.15, 0.2) is 65.8 Å². The zero-order valence-electron chi connectivity index (χ0n) is 20.6. The van der Waals surface area contributed by atoms with E-state index >= 15 is 0 Å². The zero-order valence-corrected chi connectivity index (χ0v) is 20.6. The van der Waals surface area contributed by atoms with E-state index in [0.29, 0.717) is 25.6 Å². The first-order valence-electron chi connectivity index (χ1n) is 12.1. The molecule has 2 N–H and O–H groups in total. The van der Waals surface area contributed by atoms with Crippen LogP contribution < -0.4 is 15.6 Å². The van der Waals surface area contributed by atoms with Crippen molar-refractivity contribution < 1.29 is 9.47 Å². The maximum atomic E-state index is 5.57. The summed E-state index contributed by atoms with van der Waals surface area (Å²) in [5.74, 6) is 1.62. The summed E-state index contributed by atoms with van der Waals surface area (Å²) in [6, 6.07) is 20.4. The summed E-state index contributed by atoms with van der Waals surface area (Å²) in [7, 11) is 1.70. The molecule has 5 rings (SSSR count). The van der Waals surface area contributed by atoms with Gasteiger partial charge in [-0.1, -0.05) is 42.0 Å². The first-order valence-corrected chi connectivity index (χ1v) is 12.1. The molecule has 0 aliphatic carbocycles. The lowest BCUT2D eigenvalue weighted by Crippen LogP contribution is -2.37. The third kappa shape index (κ3) is 5.64. The van der Waals surface area contributed by atoms with Crippen molar-refractivity contribution in [1.82, 2.24) is 14.6 Å². The Labute approximate surface area is 210 Å². The molecule has 0 amide bonds. The van der Waals surface area contributed by atoms with E-state index in [0.717, 1.165) is 53.6 Å². The van der Waals surface area contributed by atoms with Crippen molar-refractivity contribution in [3.8, 4) is 11.3 Å². The Bertz CT molecular complexity index is 1330. The molecule has 2 aromatic carbocycles. The number of nitrogens with zero attached hydrogens (tertiary/aromatic N) is 5. The number of anilines is 3. The monoisotopic (exact) mass is 485 g/mol. The molecule has 0 radical (unpaired) electrons. The minimum absolute atomic E-state index is 0.662. The van der Waals surface area contributed by atoms with E-state index in [1.807, 2.05) is 28.8 Å². The first-order chi connectivity index (χ1) is 17.7. The molecule has 2 aromatic heterocycles. The molecule has 9 heteroatoms. The molecule has 9 nitrogen and oxygen atoms in total. The van der Waals surface area contributed by atoms with Gasteiger partial charge in [-0.05, 0) is 24.6 Å². The number of rotatable bonds is 9. The molecule has 0 spiro atoms. The van der Waals surface area contributed by atoms with Crippen molar-refractivity contribution >= 4 is 29.2 Å². The number of benzene rings is 2. The van der Waals surface area contributed by atoms with Crippen LogP contribution in [-0.2, 0) is 9.47 Å². The van der Waals surface area contributed by atoms with E-state index < -0.39 is 0 Å². The molecule has 0 unspecified atom stereocenters. The van der Waals surface area contributed by atoms with Gasteiger partial charge >= 0.3 is 0 Å². The Morgan fingerprint density at radius 2 is 1.92 bits per heavy atom. The van der Waals surface area contributed by atoms with Gasteiger partial charge in [0.25, 0.3) is 0 Å².